The molecule has 0 amide bonds. The zero-order valence-corrected chi connectivity index (χ0v) is 9.10. The number of piperidine rings is 3. The molecule has 0 aliphatic carbocycles. The molecule has 1 N–H and O–H groups in total. The lowest BCUT2D eigenvalue weighted by molar-refractivity contribution is -0.0212. The van der Waals surface area contributed by atoms with Crippen LogP contribution in [0.4, 0.5) is 0 Å². The Balaban J connectivity index is 1.77. The summed E-state index contributed by atoms with van der Waals surface area (Å²) in [5, 5.41) is 3.52. The van der Waals surface area contributed by atoms with Crippen LogP contribution in [0.5, 0.6) is 0 Å². The number of nitrogens with zero attached hydrogens (tertiary/aromatic N) is 1. The summed E-state index contributed by atoms with van der Waals surface area (Å²) in [5.74, 6) is 1.03. The number of rotatable bonds is 0. The quantitative estimate of drug-likeness (QED) is 0.628. The van der Waals surface area contributed by atoms with Crippen molar-refractivity contribution in [3.8, 4) is 0 Å². The fourth-order valence-electron chi connectivity index (χ4n) is 3.93. The highest BCUT2D eigenvalue weighted by Gasteiger charge is 2.44. The SMILES string of the molecule is C1CC2CN(C1)CCC21CCNCC1. The molecular formula is C12H22N2. The second-order valence-corrected chi connectivity index (χ2v) is 5.50. The Kier molecular flexibility index (Phi) is 2.29. The molecule has 3 fully saturated rings. The Morgan fingerprint density at radius 1 is 1.07 bits per heavy atom. The normalized spacial score (nSPS) is 41.1. The van der Waals surface area contributed by atoms with Crippen molar-refractivity contribution in [2.24, 2.45) is 11.3 Å². The van der Waals surface area contributed by atoms with Crippen molar-refractivity contribution < 1.29 is 0 Å². The van der Waals surface area contributed by atoms with Gasteiger partial charge in [0.25, 0.3) is 0 Å². The maximum Gasteiger partial charge on any atom is 0.00150 e. The lowest BCUT2D eigenvalue weighted by Gasteiger charge is -2.53. The smallest absolute Gasteiger partial charge is 0.00150 e. The third-order valence-electron chi connectivity index (χ3n) is 4.90. The number of nitrogens with one attached hydrogen (secondary N) is 1. The molecule has 3 aliphatic heterocycles. The second-order valence-electron chi connectivity index (χ2n) is 5.50. The fraction of sp³-hybridized carbons (Fsp3) is 1.00. The van der Waals surface area contributed by atoms with E-state index in [1.807, 2.05) is 0 Å². The van der Waals surface area contributed by atoms with E-state index in [9.17, 15) is 0 Å². The highest BCUT2D eigenvalue weighted by Crippen LogP contribution is 2.47. The van der Waals surface area contributed by atoms with Gasteiger partial charge in [-0.15, -0.1) is 0 Å². The maximum absolute atomic E-state index is 3.52. The first kappa shape index (κ1) is 9.17. The Morgan fingerprint density at radius 3 is 2.79 bits per heavy atom. The maximum atomic E-state index is 3.52. The summed E-state index contributed by atoms with van der Waals surface area (Å²) in [6.07, 6.45) is 7.35. The van der Waals surface area contributed by atoms with E-state index in [1.54, 1.807) is 0 Å². The molecule has 2 heteroatoms. The molecule has 0 radical (unpaired) electrons. The van der Waals surface area contributed by atoms with Gasteiger partial charge in [-0.3, -0.25) is 0 Å². The largest absolute Gasteiger partial charge is 0.317 e. The molecule has 80 valence electrons. The van der Waals surface area contributed by atoms with Crippen molar-refractivity contribution in [1.82, 2.24) is 10.2 Å². The molecule has 2 nitrogen and oxygen atoms in total. The number of fused-ring (bicyclic) bond motifs is 3. The van der Waals surface area contributed by atoms with Crippen LogP contribution in [0.1, 0.15) is 32.1 Å². The van der Waals surface area contributed by atoms with E-state index in [0.29, 0.717) is 0 Å². The standard InChI is InChI=1S/C12H22N2/c1-2-11-10-14(8-1)9-5-12(11)3-6-13-7-4-12/h11,13H,1-10H2. The molecule has 0 saturated carbocycles. The van der Waals surface area contributed by atoms with E-state index in [4.69, 9.17) is 0 Å². The lowest BCUT2D eigenvalue weighted by atomic mass is 9.62. The Hall–Kier alpha value is -0.0800. The van der Waals surface area contributed by atoms with E-state index in [-0.39, 0.29) is 0 Å². The molecule has 3 aliphatic rings. The molecule has 0 aromatic heterocycles. The lowest BCUT2D eigenvalue weighted by Crippen LogP contribution is -2.53. The van der Waals surface area contributed by atoms with Crippen molar-refractivity contribution in [2.75, 3.05) is 32.7 Å². The molecule has 2 atom stereocenters. The van der Waals surface area contributed by atoms with Crippen LogP contribution >= 0.6 is 0 Å². The van der Waals surface area contributed by atoms with Crippen LogP contribution in [-0.2, 0) is 0 Å². The van der Waals surface area contributed by atoms with Gasteiger partial charge in [0.05, 0.1) is 0 Å². The van der Waals surface area contributed by atoms with Crippen LogP contribution in [0, 0.1) is 11.3 Å². The average Bonchev–Trinajstić information content (AvgIpc) is 2.27. The van der Waals surface area contributed by atoms with Crippen molar-refractivity contribution in [3.63, 3.8) is 0 Å². The van der Waals surface area contributed by atoms with Gasteiger partial charge in [-0.1, -0.05) is 0 Å². The Morgan fingerprint density at radius 2 is 1.93 bits per heavy atom. The molecule has 1 spiro atoms. The monoisotopic (exact) mass is 194 g/mol. The summed E-state index contributed by atoms with van der Waals surface area (Å²) >= 11 is 0. The van der Waals surface area contributed by atoms with Gasteiger partial charge < -0.3 is 10.2 Å². The first-order valence-corrected chi connectivity index (χ1v) is 6.32. The zero-order chi connectivity index (χ0) is 9.43. The van der Waals surface area contributed by atoms with E-state index >= 15 is 0 Å². The molecule has 2 bridgehead atoms. The van der Waals surface area contributed by atoms with Crippen LogP contribution in [0.25, 0.3) is 0 Å². The van der Waals surface area contributed by atoms with Gasteiger partial charge in [0.2, 0.25) is 0 Å². The molecule has 0 aromatic carbocycles. The third-order valence-corrected chi connectivity index (χ3v) is 4.90. The Labute approximate surface area is 87.0 Å². The predicted octanol–water partition coefficient (Wildman–Crippen LogP) is 1.47. The second kappa shape index (κ2) is 3.49. The van der Waals surface area contributed by atoms with Crippen LogP contribution < -0.4 is 5.32 Å². The fourth-order valence-corrected chi connectivity index (χ4v) is 3.93. The van der Waals surface area contributed by atoms with Gasteiger partial charge in [0.15, 0.2) is 0 Å². The van der Waals surface area contributed by atoms with E-state index in [2.05, 4.69) is 10.2 Å². The molecular weight excluding hydrogens is 172 g/mol. The van der Waals surface area contributed by atoms with Crippen LogP contribution in [0.3, 0.4) is 0 Å². The summed E-state index contributed by atoms with van der Waals surface area (Å²) in [5.41, 5.74) is 0.752. The summed E-state index contributed by atoms with van der Waals surface area (Å²) in [6.45, 7) is 6.73. The van der Waals surface area contributed by atoms with E-state index < -0.39 is 0 Å². The van der Waals surface area contributed by atoms with Crippen molar-refractivity contribution in [2.45, 2.75) is 32.1 Å². The summed E-state index contributed by atoms with van der Waals surface area (Å²) in [4.78, 5) is 2.70. The van der Waals surface area contributed by atoms with E-state index in [1.165, 1.54) is 64.8 Å². The van der Waals surface area contributed by atoms with Crippen molar-refractivity contribution in [3.05, 3.63) is 0 Å². The highest BCUT2D eigenvalue weighted by molar-refractivity contribution is 4.97. The summed E-state index contributed by atoms with van der Waals surface area (Å²) in [6, 6.07) is 0. The number of hydrogen-bond donors (Lipinski definition) is 1. The average molecular weight is 194 g/mol. The van der Waals surface area contributed by atoms with Crippen LogP contribution in [0.2, 0.25) is 0 Å². The molecule has 2 unspecified atom stereocenters. The third kappa shape index (κ3) is 1.40. The Bertz CT molecular complexity index is 208. The summed E-state index contributed by atoms with van der Waals surface area (Å²) < 4.78 is 0. The minimum absolute atomic E-state index is 0.752. The van der Waals surface area contributed by atoms with Gasteiger partial charge in [-0.2, -0.15) is 0 Å². The molecule has 0 aromatic rings. The van der Waals surface area contributed by atoms with Gasteiger partial charge in [-0.05, 0) is 69.6 Å². The zero-order valence-electron chi connectivity index (χ0n) is 9.10. The van der Waals surface area contributed by atoms with Crippen LogP contribution in [-0.4, -0.2) is 37.6 Å². The molecule has 3 heterocycles. The van der Waals surface area contributed by atoms with Gasteiger partial charge in [0, 0.05) is 6.54 Å². The predicted molar refractivity (Wildman–Crippen MR) is 58.3 cm³/mol. The first-order chi connectivity index (χ1) is 6.89. The van der Waals surface area contributed by atoms with E-state index in [0.717, 1.165) is 11.3 Å². The topological polar surface area (TPSA) is 15.3 Å². The highest BCUT2D eigenvalue weighted by atomic mass is 15.1. The number of hydrogen-bond acceptors (Lipinski definition) is 2. The summed E-state index contributed by atoms with van der Waals surface area (Å²) in [7, 11) is 0. The van der Waals surface area contributed by atoms with Gasteiger partial charge in [0.1, 0.15) is 0 Å². The van der Waals surface area contributed by atoms with Crippen LogP contribution in [0.15, 0.2) is 0 Å². The molecule has 3 rings (SSSR count). The minimum atomic E-state index is 0.752. The minimum Gasteiger partial charge on any atom is -0.317 e. The molecule has 14 heavy (non-hydrogen) atoms. The van der Waals surface area contributed by atoms with Gasteiger partial charge in [-0.25, -0.2) is 0 Å². The van der Waals surface area contributed by atoms with Crippen molar-refractivity contribution >= 4 is 0 Å². The molecule has 3 saturated heterocycles. The first-order valence-electron chi connectivity index (χ1n) is 6.32. The van der Waals surface area contributed by atoms with Gasteiger partial charge >= 0.3 is 0 Å². The van der Waals surface area contributed by atoms with Crippen molar-refractivity contribution in [1.29, 1.82) is 0 Å².